The molecule has 5 nitrogen and oxygen atoms in total. The van der Waals surface area contributed by atoms with Gasteiger partial charge in [-0.15, -0.1) is 0 Å². The fourth-order valence-electron chi connectivity index (χ4n) is 1.04. The predicted octanol–water partition coefficient (Wildman–Crippen LogP) is 0.359. The maximum absolute atomic E-state index is 11.2. The molecule has 0 aliphatic rings. The van der Waals surface area contributed by atoms with Crippen LogP contribution >= 0.6 is 0 Å². The molecule has 0 atom stereocenters. The molecule has 1 aromatic rings. The number of methoxy groups -OCH3 is 1. The van der Waals surface area contributed by atoms with Gasteiger partial charge in [0.2, 0.25) is 10.0 Å². The van der Waals surface area contributed by atoms with Crippen molar-refractivity contribution in [3.63, 3.8) is 0 Å². The van der Waals surface area contributed by atoms with Gasteiger partial charge in [0.1, 0.15) is 17.3 Å². The highest BCUT2D eigenvalue weighted by Crippen LogP contribution is 2.21. The second-order valence-corrected chi connectivity index (χ2v) is 4.36. The van der Waals surface area contributed by atoms with E-state index in [0.29, 0.717) is 6.61 Å². The second kappa shape index (κ2) is 5.11. The minimum absolute atomic E-state index is 0.0129. The average molecular weight is 231 g/mol. The number of ether oxygens (including phenoxy) is 2. The molecule has 0 spiro atoms. The van der Waals surface area contributed by atoms with Gasteiger partial charge in [0.15, 0.2) is 0 Å². The van der Waals surface area contributed by atoms with Crippen LogP contribution in [0.4, 0.5) is 0 Å². The number of hydrogen-bond acceptors (Lipinski definition) is 4. The first-order chi connectivity index (χ1) is 7.05. The Kier molecular flexibility index (Phi) is 4.07. The summed E-state index contributed by atoms with van der Waals surface area (Å²) in [6, 6.07) is 6.21. The molecule has 0 bridgehead atoms. The summed E-state index contributed by atoms with van der Waals surface area (Å²) in [5.74, 6) is 0.247. The zero-order chi connectivity index (χ0) is 11.3. The predicted molar refractivity (Wildman–Crippen MR) is 55.2 cm³/mol. The van der Waals surface area contributed by atoms with Crippen molar-refractivity contribution in [3.05, 3.63) is 24.3 Å². The summed E-state index contributed by atoms with van der Waals surface area (Å²) in [5.41, 5.74) is 0. The lowest BCUT2D eigenvalue weighted by Crippen LogP contribution is -2.14. The Balaban J connectivity index is 2.88. The third-order valence-electron chi connectivity index (χ3n) is 1.70. The molecule has 0 unspecified atom stereocenters. The molecule has 6 heteroatoms. The SMILES string of the molecule is COCCOc1ccccc1S(N)(=O)=O. The van der Waals surface area contributed by atoms with Gasteiger partial charge in [-0.05, 0) is 12.1 Å². The van der Waals surface area contributed by atoms with Gasteiger partial charge in [-0.1, -0.05) is 12.1 Å². The molecular formula is C9H13NO4S. The topological polar surface area (TPSA) is 78.6 Å². The average Bonchev–Trinajstić information content (AvgIpc) is 2.17. The van der Waals surface area contributed by atoms with E-state index in [0.717, 1.165) is 0 Å². The summed E-state index contributed by atoms with van der Waals surface area (Å²) in [7, 11) is -2.20. The van der Waals surface area contributed by atoms with Crippen molar-refractivity contribution in [2.75, 3.05) is 20.3 Å². The van der Waals surface area contributed by atoms with Crippen molar-refractivity contribution in [2.24, 2.45) is 5.14 Å². The first kappa shape index (κ1) is 12.0. The van der Waals surface area contributed by atoms with E-state index in [9.17, 15) is 8.42 Å². The molecule has 0 amide bonds. The van der Waals surface area contributed by atoms with Crippen LogP contribution in [0.5, 0.6) is 5.75 Å². The Labute approximate surface area is 88.9 Å². The van der Waals surface area contributed by atoms with Crippen LogP contribution in [0.3, 0.4) is 0 Å². The Morgan fingerprint density at radius 2 is 1.93 bits per heavy atom. The molecule has 1 aromatic carbocycles. The Morgan fingerprint density at radius 3 is 2.53 bits per heavy atom. The number of benzene rings is 1. The maximum Gasteiger partial charge on any atom is 0.241 e. The molecule has 0 heterocycles. The number of primary sulfonamides is 1. The van der Waals surface area contributed by atoms with Gasteiger partial charge in [0.05, 0.1) is 6.61 Å². The summed E-state index contributed by atoms with van der Waals surface area (Å²) in [5, 5.41) is 5.02. The molecule has 15 heavy (non-hydrogen) atoms. The first-order valence-corrected chi connectivity index (χ1v) is 5.84. The van der Waals surface area contributed by atoms with Crippen molar-refractivity contribution in [1.82, 2.24) is 0 Å². The molecule has 0 radical (unpaired) electrons. The van der Waals surface area contributed by atoms with E-state index in [1.165, 1.54) is 13.2 Å². The smallest absolute Gasteiger partial charge is 0.241 e. The second-order valence-electron chi connectivity index (χ2n) is 2.83. The van der Waals surface area contributed by atoms with Crippen LogP contribution in [0.25, 0.3) is 0 Å². The Hall–Kier alpha value is -1.11. The van der Waals surface area contributed by atoms with E-state index in [4.69, 9.17) is 14.6 Å². The molecule has 0 aliphatic carbocycles. The molecule has 0 saturated heterocycles. The fraction of sp³-hybridized carbons (Fsp3) is 0.333. The fourth-order valence-corrected chi connectivity index (χ4v) is 1.72. The lowest BCUT2D eigenvalue weighted by Gasteiger charge is -2.08. The zero-order valence-corrected chi connectivity index (χ0v) is 9.16. The molecule has 1 rings (SSSR count). The van der Waals surface area contributed by atoms with Gasteiger partial charge >= 0.3 is 0 Å². The zero-order valence-electron chi connectivity index (χ0n) is 8.34. The van der Waals surface area contributed by atoms with Gasteiger partial charge < -0.3 is 9.47 Å². The van der Waals surface area contributed by atoms with E-state index in [-0.39, 0.29) is 17.3 Å². The lowest BCUT2D eigenvalue weighted by molar-refractivity contribution is 0.144. The van der Waals surface area contributed by atoms with E-state index >= 15 is 0 Å². The third kappa shape index (κ3) is 3.50. The quantitative estimate of drug-likeness (QED) is 0.742. The molecule has 2 N–H and O–H groups in total. The molecular weight excluding hydrogens is 218 g/mol. The maximum atomic E-state index is 11.2. The highest BCUT2D eigenvalue weighted by Gasteiger charge is 2.13. The van der Waals surface area contributed by atoms with Crippen LogP contribution in [0.2, 0.25) is 0 Å². The Bertz CT molecular complexity index is 416. The molecule has 0 aromatic heterocycles. The van der Waals surface area contributed by atoms with Crippen LogP contribution < -0.4 is 9.88 Å². The highest BCUT2D eigenvalue weighted by atomic mass is 32.2. The van der Waals surface area contributed by atoms with Crippen LogP contribution in [0.1, 0.15) is 0 Å². The summed E-state index contributed by atoms with van der Waals surface area (Å²) in [4.78, 5) is -0.0129. The number of para-hydroxylation sites is 1. The minimum atomic E-state index is -3.74. The van der Waals surface area contributed by atoms with Crippen molar-refractivity contribution in [1.29, 1.82) is 0 Å². The van der Waals surface area contributed by atoms with Crippen LogP contribution in [-0.4, -0.2) is 28.7 Å². The van der Waals surface area contributed by atoms with E-state index < -0.39 is 10.0 Å². The molecule has 0 saturated carbocycles. The lowest BCUT2D eigenvalue weighted by atomic mass is 10.3. The number of rotatable bonds is 5. The first-order valence-electron chi connectivity index (χ1n) is 4.29. The summed E-state index contributed by atoms with van der Waals surface area (Å²) in [6.45, 7) is 0.669. The standard InChI is InChI=1S/C9H13NO4S/c1-13-6-7-14-8-4-2-3-5-9(8)15(10,11)12/h2-5H,6-7H2,1H3,(H2,10,11,12). The van der Waals surface area contributed by atoms with Gasteiger partial charge in [0, 0.05) is 7.11 Å². The van der Waals surface area contributed by atoms with E-state index in [2.05, 4.69) is 0 Å². The van der Waals surface area contributed by atoms with Gasteiger partial charge in [-0.2, -0.15) is 0 Å². The molecule has 0 fully saturated rings. The number of nitrogens with two attached hydrogens (primary N) is 1. The minimum Gasteiger partial charge on any atom is -0.490 e. The van der Waals surface area contributed by atoms with Crippen LogP contribution in [0, 0.1) is 0 Å². The van der Waals surface area contributed by atoms with Crippen LogP contribution in [-0.2, 0) is 14.8 Å². The largest absolute Gasteiger partial charge is 0.490 e. The Morgan fingerprint density at radius 1 is 1.27 bits per heavy atom. The van der Waals surface area contributed by atoms with Gasteiger partial charge in [-0.3, -0.25) is 0 Å². The van der Waals surface area contributed by atoms with Crippen LogP contribution in [0.15, 0.2) is 29.2 Å². The number of sulfonamides is 1. The van der Waals surface area contributed by atoms with Crippen molar-refractivity contribution in [2.45, 2.75) is 4.90 Å². The number of hydrogen-bond donors (Lipinski definition) is 1. The molecule has 84 valence electrons. The summed E-state index contributed by atoms with van der Waals surface area (Å²) >= 11 is 0. The van der Waals surface area contributed by atoms with E-state index in [1.807, 2.05) is 0 Å². The summed E-state index contributed by atoms with van der Waals surface area (Å²) < 4.78 is 32.3. The van der Waals surface area contributed by atoms with Crippen molar-refractivity contribution >= 4 is 10.0 Å². The van der Waals surface area contributed by atoms with Gasteiger partial charge in [0.25, 0.3) is 0 Å². The van der Waals surface area contributed by atoms with Crippen molar-refractivity contribution in [3.8, 4) is 5.75 Å². The third-order valence-corrected chi connectivity index (χ3v) is 2.65. The van der Waals surface area contributed by atoms with Crippen molar-refractivity contribution < 1.29 is 17.9 Å². The van der Waals surface area contributed by atoms with E-state index in [1.54, 1.807) is 18.2 Å². The monoisotopic (exact) mass is 231 g/mol. The highest BCUT2D eigenvalue weighted by molar-refractivity contribution is 7.89. The molecule has 0 aliphatic heterocycles. The normalized spacial score (nSPS) is 11.3. The van der Waals surface area contributed by atoms with Gasteiger partial charge in [-0.25, -0.2) is 13.6 Å². The summed E-state index contributed by atoms with van der Waals surface area (Å²) in [6.07, 6.45) is 0.